The van der Waals surface area contributed by atoms with Gasteiger partial charge in [-0.1, -0.05) is 18.2 Å². The quantitative estimate of drug-likeness (QED) is 0.141. The first-order valence-corrected chi connectivity index (χ1v) is 15.2. The lowest BCUT2D eigenvalue weighted by Crippen LogP contribution is -2.49. The molecule has 0 saturated carbocycles. The molecular weight excluding hydrogens is 607 g/mol. The van der Waals surface area contributed by atoms with E-state index in [0.29, 0.717) is 18.2 Å². The zero-order chi connectivity index (χ0) is 32.3. The minimum absolute atomic E-state index is 0.00541. The maximum atomic E-state index is 15.4. The highest BCUT2D eigenvalue weighted by Crippen LogP contribution is 2.33. The molecule has 3 N–H and O–H groups in total. The van der Waals surface area contributed by atoms with E-state index in [1.54, 1.807) is 18.6 Å². The van der Waals surface area contributed by atoms with Crippen molar-refractivity contribution in [2.45, 2.75) is 51.2 Å². The topological polar surface area (TPSA) is 117 Å². The molecule has 0 radical (unpaired) electrons. The molecule has 1 saturated heterocycles. The van der Waals surface area contributed by atoms with E-state index in [9.17, 15) is 22.0 Å². The molecule has 1 fully saturated rings. The van der Waals surface area contributed by atoms with Crippen LogP contribution in [-0.2, 0) is 15.8 Å². The van der Waals surface area contributed by atoms with Crippen LogP contribution in [0.4, 0.5) is 33.5 Å². The molecule has 1 aliphatic heterocycles. The Morgan fingerprint density at radius 3 is 2.43 bits per heavy atom. The van der Waals surface area contributed by atoms with Crippen molar-refractivity contribution >= 4 is 34.2 Å². The van der Waals surface area contributed by atoms with Gasteiger partial charge in [-0.05, 0) is 51.3 Å². The fourth-order valence-corrected chi connectivity index (χ4v) is 6.08. The molecule has 2 atom stereocenters. The molecule has 44 heavy (non-hydrogen) atoms. The van der Waals surface area contributed by atoms with Gasteiger partial charge in [-0.3, -0.25) is 14.1 Å². The van der Waals surface area contributed by atoms with E-state index in [1.165, 1.54) is 35.8 Å². The first kappa shape index (κ1) is 32.8. The van der Waals surface area contributed by atoms with Crippen LogP contribution in [0.25, 0.3) is 11.1 Å². The summed E-state index contributed by atoms with van der Waals surface area (Å²) in [6.45, 7) is 8.96. The van der Waals surface area contributed by atoms with Crippen molar-refractivity contribution in [2.24, 2.45) is 9.98 Å². The highest BCUT2D eigenvalue weighted by molar-refractivity contribution is 7.91. The van der Waals surface area contributed by atoms with Crippen molar-refractivity contribution in [3.63, 3.8) is 0 Å². The summed E-state index contributed by atoms with van der Waals surface area (Å²) < 4.78 is 102. The number of aliphatic imine (C=N–C) groups is 2. The van der Waals surface area contributed by atoms with Gasteiger partial charge in [-0.15, -0.1) is 0 Å². The standard InChI is InChI=1S/C29H31F5N6O3S/c1-15(2)40-27(38-29(35-4)37-19-10-18(30)12-36-13-19)16(3)9-21(28(40)41)20-11-23(32)26(25(34)24(20)33)39-44(42,43)14-17-7-5-6-8-22(17)31/h5-9,11,15,18-19,36,39H,4,10,12-14H2,1-3H3,(H,37,38)/t18-,19-/m0/s1. The molecule has 3 aromatic rings. The van der Waals surface area contributed by atoms with Crippen LogP contribution in [0.3, 0.4) is 0 Å². The number of nitrogens with one attached hydrogen (secondary N) is 3. The number of hydrogen-bond acceptors (Lipinski definition) is 5. The van der Waals surface area contributed by atoms with Crippen molar-refractivity contribution in [3.8, 4) is 11.1 Å². The van der Waals surface area contributed by atoms with Gasteiger partial charge in [0, 0.05) is 42.7 Å². The van der Waals surface area contributed by atoms with Gasteiger partial charge in [-0.25, -0.2) is 35.4 Å². The maximum Gasteiger partial charge on any atom is 0.260 e. The van der Waals surface area contributed by atoms with E-state index in [-0.39, 0.29) is 36.3 Å². The van der Waals surface area contributed by atoms with Gasteiger partial charge >= 0.3 is 0 Å². The lowest BCUT2D eigenvalue weighted by atomic mass is 10.0. The summed E-state index contributed by atoms with van der Waals surface area (Å²) >= 11 is 0. The Kier molecular flexibility index (Phi) is 9.88. The molecule has 1 aromatic heterocycles. The van der Waals surface area contributed by atoms with Crippen LogP contribution in [0.5, 0.6) is 0 Å². The number of aromatic nitrogens is 1. The summed E-state index contributed by atoms with van der Waals surface area (Å²) in [4.78, 5) is 21.9. The van der Waals surface area contributed by atoms with Gasteiger partial charge in [0.25, 0.3) is 5.56 Å². The summed E-state index contributed by atoms with van der Waals surface area (Å²) in [6.07, 6.45) is -0.881. The molecule has 236 valence electrons. The van der Waals surface area contributed by atoms with Crippen molar-refractivity contribution in [1.82, 2.24) is 15.2 Å². The van der Waals surface area contributed by atoms with E-state index >= 15 is 13.2 Å². The Bertz CT molecular complexity index is 1780. The number of halogens is 5. The fraction of sp³-hybridized carbons (Fsp3) is 0.345. The molecule has 0 unspecified atom stereocenters. The number of piperidine rings is 1. The van der Waals surface area contributed by atoms with Crippen LogP contribution in [0.1, 0.15) is 37.4 Å². The zero-order valence-electron chi connectivity index (χ0n) is 24.1. The second kappa shape index (κ2) is 13.3. The zero-order valence-corrected chi connectivity index (χ0v) is 24.9. The number of sulfonamides is 1. The summed E-state index contributed by atoms with van der Waals surface area (Å²) in [5.41, 5.74) is -3.29. The van der Waals surface area contributed by atoms with Gasteiger partial charge in [0.1, 0.15) is 23.5 Å². The van der Waals surface area contributed by atoms with E-state index in [2.05, 4.69) is 27.3 Å². The van der Waals surface area contributed by atoms with Crippen molar-refractivity contribution in [3.05, 3.63) is 81.1 Å². The molecule has 2 heterocycles. The summed E-state index contributed by atoms with van der Waals surface area (Å²) in [5, 5.41) is 5.92. The highest BCUT2D eigenvalue weighted by atomic mass is 32.2. The Balaban J connectivity index is 1.74. The number of rotatable bonds is 8. The fourth-order valence-electron chi connectivity index (χ4n) is 4.86. The van der Waals surface area contributed by atoms with Crippen LogP contribution in [0.2, 0.25) is 0 Å². The van der Waals surface area contributed by atoms with Crippen LogP contribution >= 0.6 is 0 Å². The Labute approximate surface area is 251 Å². The van der Waals surface area contributed by atoms with E-state index in [0.717, 1.165) is 6.07 Å². The van der Waals surface area contributed by atoms with Gasteiger partial charge in [0.2, 0.25) is 16.0 Å². The molecule has 0 amide bonds. The predicted molar refractivity (Wildman–Crippen MR) is 160 cm³/mol. The van der Waals surface area contributed by atoms with Crippen LogP contribution in [-0.4, -0.2) is 51.0 Å². The second-order valence-electron chi connectivity index (χ2n) is 10.6. The molecule has 9 nitrogen and oxygen atoms in total. The predicted octanol–water partition coefficient (Wildman–Crippen LogP) is 4.88. The molecule has 0 spiro atoms. The van der Waals surface area contributed by atoms with Crippen molar-refractivity contribution in [1.29, 1.82) is 0 Å². The third-order valence-corrected chi connectivity index (χ3v) is 8.11. The number of nitrogens with zero attached hydrogens (tertiary/aromatic N) is 3. The van der Waals surface area contributed by atoms with E-state index in [4.69, 9.17) is 0 Å². The molecule has 0 aliphatic carbocycles. The summed E-state index contributed by atoms with van der Waals surface area (Å²) in [6, 6.07) is 5.69. The average Bonchev–Trinajstić information content (AvgIpc) is 2.95. The molecule has 0 bridgehead atoms. The molecule has 15 heteroatoms. The van der Waals surface area contributed by atoms with Crippen LogP contribution in [0.15, 0.2) is 51.2 Å². The van der Waals surface area contributed by atoms with E-state index in [1.807, 2.05) is 0 Å². The first-order valence-electron chi connectivity index (χ1n) is 13.6. The van der Waals surface area contributed by atoms with E-state index < -0.39 is 73.6 Å². The molecule has 4 rings (SSSR count). The van der Waals surface area contributed by atoms with Gasteiger partial charge in [0.05, 0.1) is 11.3 Å². The number of hydrogen-bond donors (Lipinski definition) is 3. The lowest BCUT2D eigenvalue weighted by molar-refractivity contribution is 0.239. The number of guanidine groups is 1. The van der Waals surface area contributed by atoms with Crippen LogP contribution in [0, 0.1) is 30.2 Å². The number of alkyl halides is 1. The number of aryl methyl sites for hydroxylation is 1. The van der Waals surface area contributed by atoms with Crippen molar-refractivity contribution < 1.29 is 30.4 Å². The number of anilines is 1. The maximum absolute atomic E-state index is 15.4. The van der Waals surface area contributed by atoms with Gasteiger partial charge < -0.3 is 10.6 Å². The smallest absolute Gasteiger partial charge is 0.260 e. The van der Waals surface area contributed by atoms with Gasteiger partial charge in [0.15, 0.2) is 17.5 Å². The molecule has 2 aromatic carbocycles. The van der Waals surface area contributed by atoms with Crippen molar-refractivity contribution in [2.75, 3.05) is 17.8 Å². The Hall–Kier alpha value is -4.11. The first-order chi connectivity index (χ1) is 20.7. The summed E-state index contributed by atoms with van der Waals surface area (Å²) in [5.74, 6) is -6.78. The lowest BCUT2D eigenvalue weighted by Gasteiger charge is -2.27. The Morgan fingerprint density at radius 2 is 1.80 bits per heavy atom. The Morgan fingerprint density at radius 1 is 1.09 bits per heavy atom. The number of benzene rings is 2. The third kappa shape index (κ3) is 7.16. The largest absolute Gasteiger partial charge is 0.350 e. The minimum atomic E-state index is -4.58. The molecule has 1 aliphatic rings. The molecular formula is C29H31F5N6O3S. The SMILES string of the molecule is C=N/C(=N\c1c(C)cc(-c2cc(F)c(NS(=O)(=O)Cc3ccccc3F)c(F)c2F)c(=O)n1C(C)C)N[C@@H]1CNC[C@@H](F)C1. The monoisotopic (exact) mass is 638 g/mol. The minimum Gasteiger partial charge on any atom is -0.350 e. The average molecular weight is 639 g/mol. The highest BCUT2D eigenvalue weighted by Gasteiger charge is 2.27. The number of pyridine rings is 1. The normalized spacial score (nSPS) is 17.5. The second-order valence-corrected chi connectivity index (χ2v) is 12.3. The van der Waals surface area contributed by atoms with Crippen LogP contribution < -0.4 is 20.9 Å². The van der Waals surface area contributed by atoms with Gasteiger partial charge in [-0.2, -0.15) is 4.99 Å². The third-order valence-electron chi connectivity index (χ3n) is 6.91. The summed E-state index contributed by atoms with van der Waals surface area (Å²) in [7, 11) is -4.58.